The molecular weight excluding hydrogens is 268 g/mol. The first-order valence-electron chi connectivity index (χ1n) is 5.61. The Morgan fingerprint density at radius 3 is 2.79 bits per heavy atom. The van der Waals surface area contributed by atoms with Crippen LogP contribution in [0.4, 0.5) is 0 Å². The van der Waals surface area contributed by atoms with Gasteiger partial charge in [-0.05, 0) is 24.6 Å². The monoisotopic (exact) mass is 280 g/mol. The number of methoxy groups -OCH3 is 1. The maximum atomic E-state index is 11.0. The van der Waals surface area contributed by atoms with Gasteiger partial charge in [0.1, 0.15) is 11.3 Å². The minimum Gasteiger partial charge on any atom is -0.496 e. The van der Waals surface area contributed by atoms with E-state index in [1.807, 2.05) is 6.92 Å². The Bertz CT molecular complexity index is 603. The number of rotatable bonds is 4. The molecule has 2 aromatic rings. The normalized spacial score (nSPS) is 10.5. The molecule has 0 amide bonds. The molecule has 0 saturated heterocycles. The lowest BCUT2D eigenvalue weighted by atomic mass is 10.1. The summed E-state index contributed by atoms with van der Waals surface area (Å²) in [5.41, 5.74) is 1.79. The minimum absolute atomic E-state index is 0.140. The summed E-state index contributed by atoms with van der Waals surface area (Å²) in [4.78, 5) is 11.0. The van der Waals surface area contributed by atoms with Crippen molar-refractivity contribution in [1.29, 1.82) is 0 Å². The number of aromatic carboxylic acids is 1. The number of aromatic nitrogens is 2. The Morgan fingerprint density at radius 1 is 1.53 bits per heavy atom. The summed E-state index contributed by atoms with van der Waals surface area (Å²) in [5.74, 6) is -0.679. The molecule has 1 aromatic heterocycles. The number of aryl methyl sites for hydroxylation is 1. The largest absolute Gasteiger partial charge is 0.496 e. The number of halogens is 1. The number of nitrogens with zero attached hydrogens (tertiary/aromatic N) is 2. The number of hydrogen-bond acceptors (Lipinski definition) is 3. The third-order valence-electron chi connectivity index (χ3n) is 2.73. The Hall–Kier alpha value is -2.01. The summed E-state index contributed by atoms with van der Waals surface area (Å²) in [6.07, 6.45) is 1.73. The average molecular weight is 281 g/mol. The predicted octanol–water partition coefficient (Wildman–Crippen LogP) is 2.60. The molecule has 19 heavy (non-hydrogen) atoms. The van der Waals surface area contributed by atoms with Gasteiger partial charge in [-0.15, -0.1) is 0 Å². The summed E-state index contributed by atoms with van der Waals surface area (Å²) >= 11 is 5.94. The van der Waals surface area contributed by atoms with E-state index in [0.29, 0.717) is 17.3 Å². The van der Waals surface area contributed by atoms with Gasteiger partial charge >= 0.3 is 5.97 Å². The highest BCUT2D eigenvalue weighted by molar-refractivity contribution is 6.31. The number of ether oxygens (including phenoxy) is 1. The highest BCUT2D eigenvalue weighted by Gasteiger charge is 2.11. The summed E-state index contributed by atoms with van der Waals surface area (Å²) < 4.78 is 6.78. The molecule has 5 nitrogen and oxygen atoms in total. The van der Waals surface area contributed by atoms with Crippen molar-refractivity contribution in [3.63, 3.8) is 0 Å². The maximum Gasteiger partial charge on any atom is 0.339 e. The fourth-order valence-electron chi connectivity index (χ4n) is 1.77. The van der Waals surface area contributed by atoms with Crippen molar-refractivity contribution < 1.29 is 14.6 Å². The van der Waals surface area contributed by atoms with Crippen molar-refractivity contribution in [2.24, 2.45) is 0 Å². The Morgan fingerprint density at radius 2 is 2.26 bits per heavy atom. The molecule has 0 aliphatic carbocycles. The Labute approximate surface area is 115 Å². The van der Waals surface area contributed by atoms with Crippen molar-refractivity contribution in [3.8, 4) is 5.75 Å². The topological polar surface area (TPSA) is 64.4 Å². The van der Waals surface area contributed by atoms with Crippen LogP contribution in [-0.2, 0) is 6.54 Å². The molecule has 1 N–H and O–H groups in total. The lowest BCUT2D eigenvalue weighted by molar-refractivity contribution is 0.0693. The zero-order chi connectivity index (χ0) is 14.0. The van der Waals surface area contributed by atoms with Gasteiger partial charge in [0.2, 0.25) is 0 Å². The van der Waals surface area contributed by atoms with Crippen molar-refractivity contribution >= 4 is 17.6 Å². The highest BCUT2D eigenvalue weighted by atomic mass is 35.5. The van der Waals surface area contributed by atoms with Gasteiger partial charge in [-0.25, -0.2) is 4.79 Å². The number of carboxylic acid groups (broad SMARTS) is 1. The van der Waals surface area contributed by atoms with E-state index in [0.717, 1.165) is 11.3 Å². The lowest BCUT2D eigenvalue weighted by Gasteiger charge is -2.08. The Balaban J connectivity index is 2.28. The van der Waals surface area contributed by atoms with E-state index >= 15 is 0 Å². The second-order valence-electron chi connectivity index (χ2n) is 4.10. The summed E-state index contributed by atoms with van der Waals surface area (Å²) in [6.45, 7) is 2.33. The van der Waals surface area contributed by atoms with Crippen molar-refractivity contribution in [2.75, 3.05) is 7.11 Å². The van der Waals surface area contributed by atoms with Crippen molar-refractivity contribution in [2.45, 2.75) is 13.5 Å². The maximum absolute atomic E-state index is 11.0. The predicted molar refractivity (Wildman–Crippen MR) is 71.0 cm³/mol. The molecular formula is C13H13ClN2O3. The van der Waals surface area contributed by atoms with Gasteiger partial charge in [-0.2, -0.15) is 5.10 Å². The molecule has 1 heterocycles. The summed E-state index contributed by atoms with van der Waals surface area (Å²) in [7, 11) is 1.44. The van der Waals surface area contributed by atoms with Gasteiger partial charge < -0.3 is 9.84 Å². The molecule has 0 fully saturated rings. The fraction of sp³-hybridized carbons (Fsp3) is 0.231. The van der Waals surface area contributed by atoms with E-state index in [2.05, 4.69) is 5.10 Å². The molecule has 0 bridgehead atoms. The van der Waals surface area contributed by atoms with Crippen LogP contribution >= 0.6 is 11.6 Å². The van der Waals surface area contributed by atoms with Gasteiger partial charge in [-0.1, -0.05) is 17.7 Å². The van der Waals surface area contributed by atoms with Crippen molar-refractivity contribution in [3.05, 3.63) is 46.2 Å². The molecule has 6 heteroatoms. The third-order valence-corrected chi connectivity index (χ3v) is 3.10. The van der Waals surface area contributed by atoms with Gasteiger partial charge in [0.15, 0.2) is 0 Å². The molecule has 2 rings (SSSR count). The van der Waals surface area contributed by atoms with Gasteiger partial charge in [0.05, 0.1) is 24.4 Å². The lowest BCUT2D eigenvalue weighted by Crippen LogP contribution is -2.04. The molecule has 0 aliphatic heterocycles. The zero-order valence-electron chi connectivity index (χ0n) is 10.6. The fourth-order valence-corrected chi connectivity index (χ4v) is 1.92. The molecule has 0 unspecified atom stereocenters. The van der Waals surface area contributed by atoms with E-state index in [-0.39, 0.29) is 5.56 Å². The molecule has 0 saturated carbocycles. The van der Waals surface area contributed by atoms with Crippen LogP contribution in [0.3, 0.4) is 0 Å². The van der Waals surface area contributed by atoms with Gasteiger partial charge in [0, 0.05) is 6.20 Å². The quantitative estimate of drug-likeness (QED) is 0.935. The van der Waals surface area contributed by atoms with E-state index in [1.54, 1.807) is 23.0 Å². The zero-order valence-corrected chi connectivity index (χ0v) is 11.3. The highest BCUT2D eigenvalue weighted by Crippen LogP contribution is 2.21. The molecule has 0 spiro atoms. The summed E-state index contributed by atoms with van der Waals surface area (Å²) in [5, 5.41) is 13.9. The van der Waals surface area contributed by atoms with Crippen LogP contribution in [0.15, 0.2) is 24.4 Å². The average Bonchev–Trinajstić information content (AvgIpc) is 2.67. The Kier molecular flexibility index (Phi) is 3.76. The first kappa shape index (κ1) is 13.4. The van der Waals surface area contributed by atoms with Gasteiger partial charge in [0.25, 0.3) is 0 Å². The van der Waals surface area contributed by atoms with E-state index in [1.165, 1.54) is 13.2 Å². The second-order valence-corrected chi connectivity index (χ2v) is 4.51. The molecule has 0 aliphatic rings. The van der Waals surface area contributed by atoms with Crippen LogP contribution in [0, 0.1) is 6.92 Å². The first-order valence-corrected chi connectivity index (χ1v) is 5.99. The van der Waals surface area contributed by atoms with Gasteiger partial charge in [-0.3, -0.25) is 4.68 Å². The van der Waals surface area contributed by atoms with Crippen LogP contribution in [0.1, 0.15) is 21.6 Å². The summed E-state index contributed by atoms with van der Waals surface area (Å²) in [6, 6.07) is 4.94. The van der Waals surface area contributed by atoms with E-state index in [9.17, 15) is 4.79 Å². The molecule has 0 atom stereocenters. The first-order chi connectivity index (χ1) is 9.01. The van der Waals surface area contributed by atoms with E-state index in [4.69, 9.17) is 21.4 Å². The third kappa shape index (κ3) is 2.88. The van der Waals surface area contributed by atoms with E-state index < -0.39 is 5.97 Å². The SMILES string of the molecule is COc1cc(Cn2cc(Cl)c(C)n2)ccc1C(=O)O. The van der Waals surface area contributed by atoms with Crippen LogP contribution in [0.25, 0.3) is 0 Å². The number of benzene rings is 1. The van der Waals surface area contributed by atoms with Crippen molar-refractivity contribution in [1.82, 2.24) is 9.78 Å². The van der Waals surface area contributed by atoms with Crippen LogP contribution < -0.4 is 4.74 Å². The molecule has 100 valence electrons. The number of hydrogen-bond donors (Lipinski definition) is 1. The number of carbonyl (C=O) groups is 1. The van der Waals surface area contributed by atoms with Crippen LogP contribution in [0.5, 0.6) is 5.75 Å². The van der Waals surface area contributed by atoms with Crippen LogP contribution in [0.2, 0.25) is 5.02 Å². The minimum atomic E-state index is -1.01. The number of carboxylic acids is 1. The standard InChI is InChI=1S/C13H13ClN2O3/c1-8-11(14)7-16(15-8)6-9-3-4-10(13(17)18)12(5-9)19-2/h3-5,7H,6H2,1-2H3,(H,17,18). The van der Waals surface area contributed by atoms with Crippen LogP contribution in [-0.4, -0.2) is 28.0 Å². The second kappa shape index (κ2) is 5.32. The molecule has 1 aromatic carbocycles. The molecule has 0 radical (unpaired) electrons. The smallest absolute Gasteiger partial charge is 0.339 e.